The van der Waals surface area contributed by atoms with Crippen LogP contribution in [0.5, 0.6) is 0 Å². The first-order valence-electron chi connectivity index (χ1n) is 8.53. The molecule has 3 aliphatic rings. The van der Waals surface area contributed by atoms with Gasteiger partial charge in [0.15, 0.2) is 0 Å². The van der Waals surface area contributed by atoms with Gasteiger partial charge in [-0.2, -0.15) is 0 Å². The third kappa shape index (κ3) is 3.25. The molecular weight excluding hydrogens is 264 g/mol. The molecule has 1 saturated carbocycles. The molecule has 4 atom stereocenters. The van der Waals surface area contributed by atoms with Gasteiger partial charge in [-0.1, -0.05) is 12.2 Å². The average Bonchev–Trinajstić information content (AvgIpc) is 3.11. The minimum absolute atomic E-state index is 0.151. The Kier molecular flexibility index (Phi) is 4.53. The average molecular weight is 292 g/mol. The second-order valence-corrected chi connectivity index (χ2v) is 6.86. The molecule has 2 fully saturated rings. The van der Waals surface area contributed by atoms with E-state index in [1.165, 1.54) is 12.8 Å². The molecule has 4 nitrogen and oxygen atoms in total. The molecule has 4 heteroatoms. The van der Waals surface area contributed by atoms with E-state index in [-0.39, 0.29) is 6.09 Å². The van der Waals surface area contributed by atoms with Gasteiger partial charge in [-0.25, -0.2) is 4.79 Å². The van der Waals surface area contributed by atoms with Gasteiger partial charge < -0.3 is 15.0 Å². The van der Waals surface area contributed by atoms with Crippen molar-refractivity contribution in [3.8, 4) is 0 Å². The van der Waals surface area contributed by atoms with E-state index < -0.39 is 0 Å². The van der Waals surface area contributed by atoms with Gasteiger partial charge in [0.05, 0.1) is 6.61 Å². The number of likely N-dealkylation sites (tertiary alicyclic amines) is 1. The lowest BCUT2D eigenvalue weighted by atomic mass is 9.87. The van der Waals surface area contributed by atoms with Crippen molar-refractivity contribution in [2.45, 2.75) is 51.6 Å². The molecule has 21 heavy (non-hydrogen) atoms. The van der Waals surface area contributed by atoms with Crippen LogP contribution in [0.4, 0.5) is 4.79 Å². The number of nitrogens with one attached hydrogen (secondary N) is 1. The van der Waals surface area contributed by atoms with E-state index in [4.69, 9.17) is 4.74 Å². The Morgan fingerprint density at radius 2 is 2.10 bits per heavy atom. The van der Waals surface area contributed by atoms with E-state index in [1.54, 1.807) is 0 Å². The minimum Gasteiger partial charge on any atom is -0.450 e. The third-order valence-electron chi connectivity index (χ3n) is 5.49. The summed E-state index contributed by atoms with van der Waals surface area (Å²) in [6.45, 7) is 6.31. The number of hydrogen-bond donors (Lipinski definition) is 1. The Bertz CT molecular complexity index is 402. The minimum atomic E-state index is -0.151. The molecule has 0 spiro atoms. The lowest BCUT2D eigenvalue weighted by molar-refractivity contribution is 0.0933. The molecule has 0 aromatic heterocycles. The van der Waals surface area contributed by atoms with Crippen molar-refractivity contribution in [1.29, 1.82) is 0 Å². The molecule has 0 aromatic rings. The van der Waals surface area contributed by atoms with E-state index >= 15 is 0 Å². The monoisotopic (exact) mass is 292 g/mol. The molecular formula is C17H28N2O2. The van der Waals surface area contributed by atoms with Crippen molar-refractivity contribution in [3.63, 3.8) is 0 Å². The second-order valence-electron chi connectivity index (χ2n) is 6.86. The summed E-state index contributed by atoms with van der Waals surface area (Å²) >= 11 is 0. The Labute approximate surface area is 127 Å². The maximum absolute atomic E-state index is 11.7. The zero-order valence-corrected chi connectivity index (χ0v) is 13.3. The SMILES string of the molecule is CCOC(=O)N1CCC(NC(C)C2CC3C=CC2C3)CC1. The number of fused-ring (bicyclic) bond motifs is 2. The van der Waals surface area contributed by atoms with Crippen LogP contribution >= 0.6 is 0 Å². The van der Waals surface area contributed by atoms with Crippen LogP contribution in [0.15, 0.2) is 12.2 Å². The molecule has 0 aromatic carbocycles. The first kappa shape index (κ1) is 14.9. The normalized spacial score (nSPS) is 33.4. The van der Waals surface area contributed by atoms with Crippen LogP contribution in [0.3, 0.4) is 0 Å². The highest BCUT2D eigenvalue weighted by Crippen LogP contribution is 2.45. The van der Waals surface area contributed by atoms with Crippen molar-refractivity contribution in [2.24, 2.45) is 17.8 Å². The summed E-state index contributed by atoms with van der Waals surface area (Å²) in [5.41, 5.74) is 0. The Morgan fingerprint density at radius 1 is 1.33 bits per heavy atom. The van der Waals surface area contributed by atoms with Gasteiger partial charge >= 0.3 is 6.09 Å². The Balaban J connectivity index is 1.43. The first-order valence-corrected chi connectivity index (χ1v) is 8.53. The lowest BCUT2D eigenvalue weighted by Crippen LogP contribution is -2.49. The number of allylic oxidation sites excluding steroid dienone is 2. The van der Waals surface area contributed by atoms with Gasteiger partial charge in [-0.3, -0.25) is 0 Å². The smallest absolute Gasteiger partial charge is 0.409 e. The molecule has 1 heterocycles. The summed E-state index contributed by atoms with van der Waals surface area (Å²) < 4.78 is 5.07. The van der Waals surface area contributed by atoms with Crippen LogP contribution in [0.1, 0.15) is 39.5 Å². The summed E-state index contributed by atoms with van der Waals surface area (Å²) in [6, 6.07) is 1.14. The van der Waals surface area contributed by atoms with Crippen LogP contribution in [0.25, 0.3) is 0 Å². The maximum atomic E-state index is 11.7. The summed E-state index contributed by atoms with van der Waals surface area (Å²) in [6.07, 6.45) is 9.50. The highest BCUT2D eigenvalue weighted by molar-refractivity contribution is 5.67. The van der Waals surface area contributed by atoms with E-state index in [0.717, 1.165) is 43.7 Å². The number of amides is 1. The molecule has 1 amide bonds. The number of ether oxygens (including phenoxy) is 1. The molecule has 1 aliphatic heterocycles. The number of piperidine rings is 1. The van der Waals surface area contributed by atoms with Gasteiger partial charge in [0.1, 0.15) is 0 Å². The number of carbonyl (C=O) groups is 1. The molecule has 1 N–H and O–H groups in total. The number of hydrogen-bond acceptors (Lipinski definition) is 3. The third-order valence-corrected chi connectivity index (χ3v) is 5.49. The lowest BCUT2D eigenvalue weighted by Gasteiger charge is -2.35. The molecule has 1 saturated heterocycles. The highest BCUT2D eigenvalue weighted by atomic mass is 16.6. The van der Waals surface area contributed by atoms with Crippen LogP contribution in [-0.4, -0.2) is 42.8 Å². The largest absolute Gasteiger partial charge is 0.450 e. The summed E-state index contributed by atoms with van der Waals surface area (Å²) in [4.78, 5) is 13.5. The molecule has 0 radical (unpaired) electrons. The Morgan fingerprint density at radius 3 is 2.67 bits per heavy atom. The van der Waals surface area contributed by atoms with Crippen LogP contribution in [0, 0.1) is 17.8 Å². The van der Waals surface area contributed by atoms with Gasteiger partial charge in [0.2, 0.25) is 0 Å². The van der Waals surface area contributed by atoms with E-state index in [2.05, 4.69) is 24.4 Å². The summed E-state index contributed by atoms with van der Waals surface area (Å²) in [5.74, 6) is 2.45. The number of nitrogens with zero attached hydrogens (tertiary/aromatic N) is 1. The predicted molar refractivity (Wildman–Crippen MR) is 83.1 cm³/mol. The van der Waals surface area contributed by atoms with Crippen LogP contribution in [0.2, 0.25) is 0 Å². The zero-order chi connectivity index (χ0) is 14.8. The summed E-state index contributed by atoms with van der Waals surface area (Å²) in [5, 5.41) is 3.82. The fourth-order valence-electron chi connectivity index (χ4n) is 4.34. The highest BCUT2D eigenvalue weighted by Gasteiger charge is 2.39. The van der Waals surface area contributed by atoms with Gasteiger partial charge in [-0.15, -0.1) is 0 Å². The number of carbonyl (C=O) groups excluding carboxylic acids is 1. The van der Waals surface area contributed by atoms with Crippen molar-refractivity contribution < 1.29 is 9.53 Å². The van der Waals surface area contributed by atoms with Crippen molar-refractivity contribution in [2.75, 3.05) is 19.7 Å². The van der Waals surface area contributed by atoms with Crippen molar-refractivity contribution in [3.05, 3.63) is 12.2 Å². The van der Waals surface area contributed by atoms with Crippen LogP contribution in [-0.2, 0) is 4.74 Å². The van der Waals surface area contributed by atoms with E-state index in [1.807, 2.05) is 11.8 Å². The van der Waals surface area contributed by atoms with Crippen LogP contribution < -0.4 is 5.32 Å². The fourth-order valence-corrected chi connectivity index (χ4v) is 4.34. The maximum Gasteiger partial charge on any atom is 0.409 e. The molecule has 3 rings (SSSR count). The zero-order valence-electron chi connectivity index (χ0n) is 13.3. The molecule has 2 bridgehead atoms. The first-order chi connectivity index (χ1) is 10.2. The topological polar surface area (TPSA) is 41.6 Å². The Hall–Kier alpha value is -1.03. The fraction of sp³-hybridized carbons (Fsp3) is 0.824. The van der Waals surface area contributed by atoms with Crippen molar-refractivity contribution in [1.82, 2.24) is 10.2 Å². The molecule has 4 unspecified atom stereocenters. The predicted octanol–water partition coefficient (Wildman–Crippen LogP) is 2.80. The second kappa shape index (κ2) is 6.39. The molecule has 118 valence electrons. The summed E-state index contributed by atoms with van der Waals surface area (Å²) in [7, 11) is 0. The van der Waals surface area contributed by atoms with E-state index in [0.29, 0.717) is 18.7 Å². The number of rotatable bonds is 4. The van der Waals surface area contributed by atoms with Gasteiger partial charge in [-0.05, 0) is 57.3 Å². The quantitative estimate of drug-likeness (QED) is 0.810. The molecule has 2 aliphatic carbocycles. The standard InChI is InChI=1S/C17H28N2O2/c1-3-21-17(20)19-8-6-15(7-9-19)18-12(2)16-11-13-4-5-14(16)10-13/h4-5,12-16,18H,3,6-11H2,1-2H3. The van der Waals surface area contributed by atoms with Gasteiger partial charge in [0, 0.05) is 25.2 Å². The van der Waals surface area contributed by atoms with Gasteiger partial charge in [0.25, 0.3) is 0 Å². The van der Waals surface area contributed by atoms with E-state index in [9.17, 15) is 4.79 Å². The van der Waals surface area contributed by atoms with Crippen molar-refractivity contribution >= 4 is 6.09 Å².